The van der Waals surface area contributed by atoms with Gasteiger partial charge in [-0.25, -0.2) is 4.39 Å². The van der Waals surface area contributed by atoms with Crippen LogP contribution in [0.5, 0.6) is 11.5 Å². The molecule has 3 aliphatic carbocycles. The Labute approximate surface area is 228 Å². The number of nitriles is 1. The summed E-state index contributed by atoms with van der Waals surface area (Å²) in [5.74, 6) is -1.26. The summed E-state index contributed by atoms with van der Waals surface area (Å²) in [6, 6.07) is 4.64. The molecule has 0 radical (unpaired) electrons. The Balaban J connectivity index is 1.54. The van der Waals surface area contributed by atoms with Crippen LogP contribution in [0.15, 0.2) is 12.1 Å². The maximum Gasteiger partial charge on any atom is 0.309 e. The summed E-state index contributed by atoms with van der Waals surface area (Å²) in [4.78, 5) is 38.3. The molecule has 4 atom stereocenters. The third-order valence-electron chi connectivity index (χ3n) is 8.83. The van der Waals surface area contributed by atoms with Crippen molar-refractivity contribution in [3.8, 4) is 17.6 Å². The van der Waals surface area contributed by atoms with E-state index in [1.165, 1.54) is 19.2 Å². The summed E-state index contributed by atoms with van der Waals surface area (Å²) in [6.45, 7) is 4.29. The fraction of sp³-hybridized carbons (Fsp3) is 0.655. The summed E-state index contributed by atoms with van der Waals surface area (Å²) < 4.78 is 25.0. The summed E-state index contributed by atoms with van der Waals surface area (Å²) in [5, 5.41) is 25.1. The molecule has 0 saturated heterocycles. The van der Waals surface area contributed by atoms with Gasteiger partial charge in [-0.05, 0) is 83.6 Å². The highest BCUT2D eigenvalue weighted by atomic mass is 19.1. The van der Waals surface area contributed by atoms with Gasteiger partial charge in [0.2, 0.25) is 5.91 Å². The smallest absolute Gasteiger partial charge is 0.309 e. The van der Waals surface area contributed by atoms with E-state index in [1.54, 1.807) is 20.8 Å². The number of rotatable bonds is 9. The van der Waals surface area contributed by atoms with Crippen LogP contribution < -0.4 is 20.1 Å². The number of methoxy groups -OCH3 is 1. The summed E-state index contributed by atoms with van der Waals surface area (Å²) >= 11 is 0. The highest BCUT2D eigenvalue weighted by Crippen LogP contribution is 2.49. The SMILES string of the molecule is COc1cc(C#N)c(O[C@H]2CC[C@@](C)(C(=O)O)CC2)cc1C(=O)N[C@@H]1[C@H]2CC[C@H](C2)[C@@H]1C(=O)NC(C)(C)CF. The van der Waals surface area contributed by atoms with Crippen molar-refractivity contribution in [3.63, 3.8) is 0 Å². The van der Waals surface area contributed by atoms with Gasteiger partial charge in [0.05, 0.1) is 41.2 Å². The molecule has 4 rings (SSSR count). The lowest BCUT2D eigenvalue weighted by atomic mass is 9.75. The molecule has 3 N–H and O–H groups in total. The molecule has 3 saturated carbocycles. The van der Waals surface area contributed by atoms with Crippen LogP contribution in [0.4, 0.5) is 4.39 Å². The molecule has 2 amide bonds. The quantitative estimate of drug-likeness (QED) is 0.428. The molecule has 39 heavy (non-hydrogen) atoms. The molecule has 9 nitrogen and oxygen atoms in total. The Kier molecular flexibility index (Phi) is 8.10. The number of carboxylic acid groups (broad SMARTS) is 1. The lowest BCUT2D eigenvalue weighted by molar-refractivity contribution is -0.150. The fourth-order valence-electron chi connectivity index (χ4n) is 6.39. The van der Waals surface area contributed by atoms with Crippen LogP contribution >= 0.6 is 0 Å². The topological polar surface area (TPSA) is 138 Å². The van der Waals surface area contributed by atoms with E-state index in [-0.39, 0.29) is 46.5 Å². The molecule has 0 aliphatic heterocycles. The van der Waals surface area contributed by atoms with E-state index in [0.29, 0.717) is 25.7 Å². The van der Waals surface area contributed by atoms with Crippen molar-refractivity contribution in [2.45, 2.75) is 83.4 Å². The highest BCUT2D eigenvalue weighted by Gasteiger charge is 2.52. The zero-order valence-electron chi connectivity index (χ0n) is 23.0. The lowest BCUT2D eigenvalue weighted by Gasteiger charge is -2.34. The van der Waals surface area contributed by atoms with Crippen molar-refractivity contribution < 1.29 is 33.4 Å². The zero-order valence-corrected chi connectivity index (χ0v) is 23.0. The van der Waals surface area contributed by atoms with Crippen molar-refractivity contribution >= 4 is 17.8 Å². The number of halogens is 1. The van der Waals surface area contributed by atoms with E-state index in [1.807, 2.05) is 0 Å². The summed E-state index contributed by atoms with van der Waals surface area (Å²) in [6.07, 6.45) is 4.27. The summed E-state index contributed by atoms with van der Waals surface area (Å²) in [5.41, 5.74) is -1.40. The van der Waals surface area contributed by atoms with Gasteiger partial charge < -0.3 is 25.2 Å². The van der Waals surface area contributed by atoms with Crippen molar-refractivity contribution in [1.29, 1.82) is 5.26 Å². The van der Waals surface area contributed by atoms with Gasteiger partial charge in [0, 0.05) is 12.1 Å². The van der Waals surface area contributed by atoms with E-state index >= 15 is 0 Å². The van der Waals surface area contributed by atoms with Crippen LogP contribution in [0.3, 0.4) is 0 Å². The number of aliphatic carboxylic acids is 1. The average molecular weight is 544 g/mol. The molecule has 0 aromatic heterocycles. The normalized spacial score (nSPS) is 29.8. The number of ether oxygens (including phenoxy) is 2. The van der Waals surface area contributed by atoms with Crippen LogP contribution in [0, 0.1) is 34.5 Å². The van der Waals surface area contributed by atoms with E-state index in [9.17, 15) is 29.1 Å². The standard InChI is InChI=1S/C29H38FN3O6/c1-28(2,15-30)33-26(35)23-16-5-6-17(11-16)24(23)32-25(34)20-13-21(18(14-31)12-22(20)38-4)39-19-7-9-29(3,10-8-19)27(36)37/h12-13,16-17,19,23-24H,5-11,15H2,1-4H3,(H,32,34)(H,33,35)(H,36,37)/t16-,17+,19-,23+,24-,29+/m1/s1. The molecule has 212 valence electrons. The molecule has 2 bridgehead atoms. The van der Waals surface area contributed by atoms with Gasteiger partial charge in [-0.3, -0.25) is 14.4 Å². The van der Waals surface area contributed by atoms with Gasteiger partial charge in [0.1, 0.15) is 24.2 Å². The van der Waals surface area contributed by atoms with Crippen molar-refractivity contribution in [2.75, 3.05) is 13.8 Å². The first-order valence-corrected chi connectivity index (χ1v) is 13.6. The molecule has 0 spiro atoms. The van der Waals surface area contributed by atoms with Gasteiger partial charge in [-0.15, -0.1) is 0 Å². The van der Waals surface area contributed by atoms with Gasteiger partial charge in [-0.1, -0.05) is 0 Å². The molecule has 0 unspecified atom stereocenters. The predicted octanol–water partition coefficient (Wildman–Crippen LogP) is 3.99. The number of nitrogens with zero attached hydrogens (tertiary/aromatic N) is 1. The molecule has 3 aliphatic rings. The first kappa shape index (κ1) is 28.7. The van der Waals surface area contributed by atoms with E-state index in [0.717, 1.165) is 19.3 Å². The minimum absolute atomic E-state index is 0.125. The van der Waals surface area contributed by atoms with E-state index in [4.69, 9.17) is 9.47 Å². The number of carbonyl (C=O) groups is 3. The Bertz CT molecular complexity index is 1170. The van der Waals surface area contributed by atoms with Gasteiger partial charge in [0.15, 0.2) is 0 Å². The molecule has 10 heteroatoms. The first-order valence-electron chi connectivity index (χ1n) is 13.6. The zero-order chi connectivity index (χ0) is 28.5. The van der Waals surface area contributed by atoms with Crippen LogP contribution in [0.2, 0.25) is 0 Å². The summed E-state index contributed by atoms with van der Waals surface area (Å²) in [7, 11) is 1.41. The number of benzene rings is 1. The molecule has 1 aromatic rings. The van der Waals surface area contributed by atoms with Crippen molar-refractivity contribution in [2.24, 2.45) is 23.2 Å². The Morgan fingerprint density at radius 1 is 1.15 bits per heavy atom. The minimum atomic E-state index is -0.989. The maximum absolute atomic E-state index is 13.6. The van der Waals surface area contributed by atoms with Crippen LogP contribution in [0.25, 0.3) is 0 Å². The number of hydrogen-bond donors (Lipinski definition) is 3. The number of fused-ring (bicyclic) bond motifs is 2. The van der Waals surface area contributed by atoms with Crippen molar-refractivity contribution in [1.82, 2.24) is 10.6 Å². The molecule has 3 fully saturated rings. The monoisotopic (exact) mass is 543 g/mol. The number of nitrogens with one attached hydrogen (secondary N) is 2. The number of alkyl halides is 1. The average Bonchev–Trinajstić information content (AvgIpc) is 3.51. The second kappa shape index (κ2) is 11.0. The number of hydrogen-bond acceptors (Lipinski definition) is 6. The predicted molar refractivity (Wildman–Crippen MR) is 140 cm³/mol. The molecule has 0 heterocycles. The fourth-order valence-corrected chi connectivity index (χ4v) is 6.39. The molecular weight excluding hydrogens is 505 g/mol. The van der Waals surface area contributed by atoms with Crippen LogP contribution in [0.1, 0.15) is 81.6 Å². The minimum Gasteiger partial charge on any atom is -0.496 e. The largest absolute Gasteiger partial charge is 0.496 e. The maximum atomic E-state index is 13.6. The second-order valence-electron chi connectivity index (χ2n) is 12.2. The van der Waals surface area contributed by atoms with E-state index in [2.05, 4.69) is 16.7 Å². The van der Waals surface area contributed by atoms with Gasteiger partial charge >= 0.3 is 5.97 Å². The number of carboxylic acids is 1. The lowest BCUT2D eigenvalue weighted by Crippen LogP contribution is -2.54. The highest BCUT2D eigenvalue weighted by molar-refractivity contribution is 5.98. The van der Waals surface area contributed by atoms with Gasteiger partial charge in [0.25, 0.3) is 5.91 Å². The van der Waals surface area contributed by atoms with Gasteiger partial charge in [-0.2, -0.15) is 5.26 Å². The third kappa shape index (κ3) is 5.82. The number of amides is 2. The van der Waals surface area contributed by atoms with Crippen LogP contribution in [-0.4, -0.2) is 54.4 Å². The second-order valence-corrected chi connectivity index (χ2v) is 12.2. The first-order chi connectivity index (χ1) is 18.4. The van der Waals surface area contributed by atoms with E-state index < -0.39 is 41.5 Å². The third-order valence-corrected chi connectivity index (χ3v) is 8.83. The number of carbonyl (C=O) groups excluding carboxylic acids is 2. The Morgan fingerprint density at radius 3 is 2.41 bits per heavy atom. The molecular formula is C29H38FN3O6. The Hall–Kier alpha value is -3.35. The van der Waals surface area contributed by atoms with Crippen molar-refractivity contribution in [3.05, 3.63) is 23.3 Å². The van der Waals surface area contributed by atoms with Crippen LogP contribution in [-0.2, 0) is 9.59 Å². The Morgan fingerprint density at radius 2 is 1.82 bits per heavy atom. The molecule has 1 aromatic carbocycles.